The average Bonchev–Trinajstić information content (AvgIpc) is 2.96. The van der Waals surface area contributed by atoms with Crippen LogP contribution in [0.15, 0.2) is 41.4 Å². The van der Waals surface area contributed by atoms with Gasteiger partial charge in [0.25, 0.3) is 5.91 Å². The van der Waals surface area contributed by atoms with E-state index in [1.807, 2.05) is 0 Å². The molecule has 1 atom stereocenters. The standard InChI is InChI=1S/C16H18N2O4S/c1-10(12-4-6-14(7-5-12)23(3,21)22)18-16(20)15-8-13(9-17-15)11(2)19/h4-10,17H,1-3H3,(H,18,20)/t10-/m1/s1. The van der Waals surface area contributed by atoms with E-state index in [4.69, 9.17) is 0 Å². The number of aromatic nitrogens is 1. The highest BCUT2D eigenvalue weighted by molar-refractivity contribution is 7.90. The van der Waals surface area contributed by atoms with Gasteiger partial charge in [-0.1, -0.05) is 12.1 Å². The van der Waals surface area contributed by atoms with Gasteiger partial charge in [0.05, 0.1) is 10.9 Å². The SMILES string of the molecule is CC(=O)c1c[nH]c(C(=O)N[C@H](C)c2ccc(S(C)(=O)=O)cc2)c1. The Kier molecular flexibility index (Phi) is 4.70. The number of Topliss-reactive ketones (excluding diaryl/α,β-unsaturated/α-hetero) is 1. The van der Waals surface area contributed by atoms with E-state index >= 15 is 0 Å². The summed E-state index contributed by atoms with van der Waals surface area (Å²) in [6.07, 6.45) is 2.63. The van der Waals surface area contributed by atoms with E-state index < -0.39 is 9.84 Å². The van der Waals surface area contributed by atoms with Gasteiger partial charge < -0.3 is 10.3 Å². The number of hydrogen-bond donors (Lipinski definition) is 2. The van der Waals surface area contributed by atoms with Gasteiger partial charge >= 0.3 is 0 Å². The second-order valence-electron chi connectivity index (χ2n) is 5.39. The van der Waals surface area contributed by atoms with Gasteiger partial charge in [-0.05, 0) is 37.6 Å². The molecule has 0 aliphatic rings. The summed E-state index contributed by atoms with van der Waals surface area (Å²) in [6.45, 7) is 3.22. The van der Waals surface area contributed by atoms with Crippen molar-refractivity contribution in [1.82, 2.24) is 10.3 Å². The Morgan fingerprint density at radius 2 is 1.78 bits per heavy atom. The van der Waals surface area contributed by atoms with Gasteiger partial charge in [-0.3, -0.25) is 9.59 Å². The lowest BCUT2D eigenvalue weighted by atomic mass is 10.1. The molecule has 0 radical (unpaired) electrons. The van der Waals surface area contributed by atoms with Crippen LogP contribution in [0.4, 0.5) is 0 Å². The van der Waals surface area contributed by atoms with Gasteiger partial charge in [0.2, 0.25) is 0 Å². The quantitative estimate of drug-likeness (QED) is 0.819. The van der Waals surface area contributed by atoms with Crippen molar-refractivity contribution >= 4 is 21.5 Å². The van der Waals surface area contributed by atoms with Crippen LogP contribution in [0.1, 0.15) is 46.3 Å². The predicted molar refractivity (Wildman–Crippen MR) is 86.2 cm³/mol. The molecule has 1 amide bonds. The maximum atomic E-state index is 12.1. The number of rotatable bonds is 5. The number of H-pyrrole nitrogens is 1. The Balaban J connectivity index is 2.10. The number of aromatic amines is 1. The first-order valence-electron chi connectivity index (χ1n) is 6.98. The summed E-state index contributed by atoms with van der Waals surface area (Å²) in [5.41, 5.74) is 1.53. The number of carbonyl (C=O) groups excluding carboxylic acids is 2. The first-order valence-corrected chi connectivity index (χ1v) is 8.88. The lowest BCUT2D eigenvalue weighted by Gasteiger charge is -2.14. The van der Waals surface area contributed by atoms with Crippen LogP contribution >= 0.6 is 0 Å². The zero-order valence-corrected chi connectivity index (χ0v) is 13.9. The molecule has 2 aromatic rings. The molecule has 0 spiro atoms. The maximum absolute atomic E-state index is 12.1. The van der Waals surface area contributed by atoms with E-state index in [0.29, 0.717) is 11.3 Å². The molecule has 0 bridgehead atoms. The minimum absolute atomic E-state index is 0.121. The molecule has 0 aliphatic carbocycles. The molecule has 7 heteroatoms. The molecule has 0 saturated carbocycles. The Morgan fingerprint density at radius 3 is 2.26 bits per heavy atom. The average molecular weight is 334 g/mol. The fourth-order valence-electron chi connectivity index (χ4n) is 2.09. The number of nitrogens with one attached hydrogen (secondary N) is 2. The van der Waals surface area contributed by atoms with Crippen LogP contribution < -0.4 is 5.32 Å². The van der Waals surface area contributed by atoms with Gasteiger partial charge in [-0.15, -0.1) is 0 Å². The zero-order valence-electron chi connectivity index (χ0n) is 13.1. The van der Waals surface area contributed by atoms with Crippen molar-refractivity contribution in [2.24, 2.45) is 0 Å². The summed E-state index contributed by atoms with van der Waals surface area (Å²) < 4.78 is 22.9. The highest BCUT2D eigenvalue weighted by Crippen LogP contribution is 2.17. The summed E-state index contributed by atoms with van der Waals surface area (Å²) in [7, 11) is -3.24. The minimum atomic E-state index is -3.24. The highest BCUT2D eigenvalue weighted by atomic mass is 32.2. The van der Waals surface area contributed by atoms with Gasteiger partial charge in [-0.25, -0.2) is 8.42 Å². The molecule has 23 heavy (non-hydrogen) atoms. The maximum Gasteiger partial charge on any atom is 0.268 e. The van der Waals surface area contributed by atoms with Gasteiger partial charge in [0.15, 0.2) is 15.6 Å². The second-order valence-corrected chi connectivity index (χ2v) is 7.41. The Bertz CT molecular complexity index is 835. The molecule has 1 heterocycles. The van der Waals surface area contributed by atoms with E-state index in [2.05, 4.69) is 10.3 Å². The molecule has 6 nitrogen and oxygen atoms in total. The Morgan fingerprint density at radius 1 is 1.17 bits per heavy atom. The fraction of sp³-hybridized carbons (Fsp3) is 0.250. The van der Waals surface area contributed by atoms with Crippen molar-refractivity contribution < 1.29 is 18.0 Å². The van der Waals surface area contributed by atoms with Crippen molar-refractivity contribution in [1.29, 1.82) is 0 Å². The number of ketones is 1. The molecule has 0 fully saturated rings. The second kappa shape index (κ2) is 6.37. The summed E-state index contributed by atoms with van der Waals surface area (Å²) in [5, 5.41) is 2.79. The zero-order chi connectivity index (χ0) is 17.2. The highest BCUT2D eigenvalue weighted by Gasteiger charge is 2.15. The molecule has 1 aromatic heterocycles. The third-order valence-corrected chi connectivity index (χ3v) is 4.62. The molecule has 1 aromatic carbocycles. The monoisotopic (exact) mass is 334 g/mol. The van der Waals surface area contributed by atoms with Crippen LogP contribution in [0.3, 0.4) is 0 Å². The molecule has 0 unspecified atom stereocenters. The third kappa shape index (κ3) is 4.07. The number of carbonyl (C=O) groups is 2. The number of benzene rings is 1. The van der Waals surface area contributed by atoms with Crippen LogP contribution in [0, 0.1) is 0 Å². The third-order valence-electron chi connectivity index (χ3n) is 3.49. The number of hydrogen-bond acceptors (Lipinski definition) is 4. The van der Waals surface area contributed by atoms with Crippen molar-refractivity contribution in [3.63, 3.8) is 0 Å². The molecular weight excluding hydrogens is 316 g/mol. The van der Waals surface area contributed by atoms with Crippen molar-refractivity contribution in [3.8, 4) is 0 Å². The van der Waals surface area contributed by atoms with Gasteiger partial charge in [0, 0.05) is 18.0 Å². The van der Waals surface area contributed by atoms with E-state index in [0.717, 1.165) is 11.8 Å². The largest absolute Gasteiger partial charge is 0.356 e. The van der Waals surface area contributed by atoms with Crippen molar-refractivity contribution in [2.75, 3.05) is 6.26 Å². The van der Waals surface area contributed by atoms with Crippen LogP contribution in [0.2, 0.25) is 0 Å². The van der Waals surface area contributed by atoms with Crippen LogP contribution in [-0.2, 0) is 9.84 Å². The summed E-state index contributed by atoms with van der Waals surface area (Å²) in [6, 6.07) is 7.54. The van der Waals surface area contributed by atoms with E-state index in [1.165, 1.54) is 31.3 Å². The van der Waals surface area contributed by atoms with Crippen LogP contribution in [0.5, 0.6) is 0 Å². The minimum Gasteiger partial charge on any atom is -0.356 e. The summed E-state index contributed by atoms with van der Waals surface area (Å²) >= 11 is 0. The molecule has 0 saturated heterocycles. The number of sulfone groups is 1. The van der Waals surface area contributed by atoms with E-state index in [1.54, 1.807) is 19.1 Å². The Labute approximate surface area is 134 Å². The molecule has 2 N–H and O–H groups in total. The van der Waals surface area contributed by atoms with E-state index in [-0.39, 0.29) is 22.6 Å². The summed E-state index contributed by atoms with van der Waals surface area (Å²) in [4.78, 5) is 26.4. The first kappa shape index (κ1) is 17.0. The molecule has 122 valence electrons. The van der Waals surface area contributed by atoms with Gasteiger partial charge in [-0.2, -0.15) is 0 Å². The van der Waals surface area contributed by atoms with Gasteiger partial charge in [0.1, 0.15) is 5.69 Å². The fourth-order valence-corrected chi connectivity index (χ4v) is 2.72. The smallest absolute Gasteiger partial charge is 0.268 e. The molecule has 0 aliphatic heterocycles. The van der Waals surface area contributed by atoms with Crippen LogP contribution in [-0.4, -0.2) is 31.3 Å². The van der Waals surface area contributed by atoms with Crippen molar-refractivity contribution in [3.05, 3.63) is 53.3 Å². The predicted octanol–water partition coefficient (Wildman–Crippen LogP) is 2.11. The number of amides is 1. The Hall–Kier alpha value is -2.41. The normalized spacial score (nSPS) is 12.7. The van der Waals surface area contributed by atoms with Crippen molar-refractivity contribution in [2.45, 2.75) is 24.8 Å². The topological polar surface area (TPSA) is 96.1 Å². The summed E-state index contributed by atoms with van der Waals surface area (Å²) in [5.74, 6) is -0.457. The lowest BCUT2D eigenvalue weighted by Crippen LogP contribution is -2.26. The van der Waals surface area contributed by atoms with E-state index in [9.17, 15) is 18.0 Å². The lowest BCUT2D eigenvalue weighted by molar-refractivity contribution is 0.0935. The van der Waals surface area contributed by atoms with Crippen LogP contribution in [0.25, 0.3) is 0 Å². The molecule has 2 rings (SSSR count). The first-order chi connectivity index (χ1) is 10.7. The molecular formula is C16H18N2O4S.